The van der Waals surface area contributed by atoms with Gasteiger partial charge in [-0.05, 0) is 30.2 Å². The van der Waals surface area contributed by atoms with Gasteiger partial charge >= 0.3 is 0 Å². The number of benzene rings is 2. The number of aliphatic hydroxyl groups excluding tert-OH is 1. The maximum Gasteiger partial charge on any atom is 0.212 e. The Morgan fingerprint density at radius 3 is 2.56 bits per heavy atom. The lowest BCUT2D eigenvalue weighted by atomic mass is 10.1. The summed E-state index contributed by atoms with van der Waals surface area (Å²) in [6, 6.07) is 15.0. The van der Waals surface area contributed by atoms with Gasteiger partial charge in [-0.2, -0.15) is 0 Å². The van der Waals surface area contributed by atoms with Gasteiger partial charge in [0, 0.05) is 36.3 Å². The average Bonchev–Trinajstić information content (AvgIpc) is 3.02. The molecule has 144 valence electrons. The molecule has 0 aliphatic heterocycles. The van der Waals surface area contributed by atoms with E-state index in [1.807, 2.05) is 54.2 Å². The molecule has 27 heavy (non-hydrogen) atoms. The predicted octanol–water partition coefficient (Wildman–Crippen LogP) is 2.38. The van der Waals surface area contributed by atoms with Crippen molar-refractivity contribution in [3.05, 3.63) is 65.9 Å². The Kier molecular flexibility index (Phi) is 5.84. The zero-order valence-corrected chi connectivity index (χ0v) is 16.2. The quantitative estimate of drug-likeness (QED) is 0.621. The van der Waals surface area contributed by atoms with Crippen LogP contribution in [0.2, 0.25) is 0 Å². The first kappa shape index (κ1) is 19.4. The van der Waals surface area contributed by atoms with Gasteiger partial charge in [-0.3, -0.25) is 0 Å². The normalized spacial score (nSPS) is 13.0. The fraction of sp³-hybridized carbons (Fsp3) is 0.300. The van der Waals surface area contributed by atoms with E-state index in [1.54, 1.807) is 19.2 Å². The number of ether oxygens (including phenoxy) is 1. The number of aromatic nitrogens is 1. The Hall–Kier alpha value is -2.35. The summed E-state index contributed by atoms with van der Waals surface area (Å²) < 4.78 is 34.1. The Labute approximate surface area is 159 Å². The maximum absolute atomic E-state index is 12.3. The molecule has 0 fully saturated rings. The van der Waals surface area contributed by atoms with Gasteiger partial charge in [-0.25, -0.2) is 13.1 Å². The number of hydrogen-bond acceptors (Lipinski definition) is 4. The zero-order chi connectivity index (χ0) is 19.4. The Morgan fingerprint density at radius 2 is 1.85 bits per heavy atom. The lowest BCUT2D eigenvalue weighted by Gasteiger charge is -2.12. The van der Waals surface area contributed by atoms with Crippen LogP contribution >= 0.6 is 0 Å². The van der Waals surface area contributed by atoms with Crippen LogP contribution in [0.4, 0.5) is 0 Å². The standard InChI is InChI=1S/C20H24N2O4S/c1-22-14-18(17-5-3-4-6-19(17)22)20(23)13-21-27(24,25)12-11-15-7-9-16(26-2)10-8-15/h3-10,14,20-21,23H,11-13H2,1-2H3. The third-order valence-corrected chi connectivity index (χ3v) is 5.95. The summed E-state index contributed by atoms with van der Waals surface area (Å²) in [6.45, 7) is -0.0566. The van der Waals surface area contributed by atoms with Crippen molar-refractivity contribution < 1.29 is 18.3 Å². The maximum atomic E-state index is 12.3. The van der Waals surface area contributed by atoms with Gasteiger partial charge in [0.1, 0.15) is 5.75 Å². The molecule has 1 aromatic heterocycles. The van der Waals surface area contributed by atoms with E-state index in [4.69, 9.17) is 4.74 Å². The van der Waals surface area contributed by atoms with E-state index < -0.39 is 16.1 Å². The van der Waals surface area contributed by atoms with Crippen LogP contribution in [0.15, 0.2) is 54.7 Å². The zero-order valence-electron chi connectivity index (χ0n) is 15.4. The largest absolute Gasteiger partial charge is 0.497 e. The van der Waals surface area contributed by atoms with Crippen LogP contribution in [0.3, 0.4) is 0 Å². The predicted molar refractivity (Wildman–Crippen MR) is 106 cm³/mol. The first-order chi connectivity index (χ1) is 12.9. The molecular formula is C20H24N2O4S. The Morgan fingerprint density at radius 1 is 1.15 bits per heavy atom. The number of nitrogens with one attached hydrogen (secondary N) is 1. The van der Waals surface area contributed by atoms with Crippen molar-refractivity contribution >= 4 is 20.9 Å². The van der Waals surface area contributed by atoms with E-state index in [9.17, 15) is 13.5 Å². The fourth-order valence-electron chi connectivity index (χ4n) is 3.07. The number of sulfonamides is 1. The van der Waals surface area contributed by atoms with Crippen LogP contribution in [0.5, 0.6) is 5.75 Å². The van der Waals surface area contributed by atoms with E-state index in [2.05, 4.69) is 4.72 Å². The summed E-state index contributed by atoms with van der Waals surface area (Å²) in [4.78, 5) is 0. The summed E-state index contributed by atoms with van der Waals surface area (Å²) >= 11 is 0. The molecule has 7 heteroatoms. The second-order valence-corrected chi connectivity index (χ2v) is 8.42. The number of para-hydroxylation sites is 1. The van der Waals surface area contributed by atoms with Crippen molar-refractivity contribution in [2.75, 3.05) is 19.4 Å². The first-order valence-electron chi connectivity index (χ1n) is 8.72. The van der Waals surface area contributed by atoms with Crippen molar-refractivity contribution in [1.82, 2.24) is 9.29 Å². The number of nitrogens with zero attached hydrogens (tertiary/aromatic N) is 1. The topological polar surface area (TPSA) is 80.6 Å². The second-order valence-electron chi connectivity index (χ2n) is 6.49. The van der Waals surface area contributed by atoms with Crippen LogP contribution in [0.25, 0.3) is 10.9 Å². The molecule has 0 radical (unpaired) electrons. The third kappa shape index (κ3) is 4.68. The van der Waals surface area contributed by atoms with E-state index in [0.29, 0.717) is 12.0 Å². The smallest absolute Gasteiger partial charge is 0.212 e. The highest BCUT2D eigenvalue weighted by Crippen LogP contribution is 2.25. The molecule has 0 amide bonds. The minimum Gasteiger partial charge on any atom is -0.497 e. The van der Waals surface area contributed by atoms with E-state index in [0.717, 1.165) is 22.2 Å². The van der Waals surface area contributed by atoms with Crippen LogP contribution in [-0.4, -0.2) is 37.5 Å². The molecule has 0 aliphatic carbocycles. The van der Waals surface area contributed by atoms with E-state index >= 15 is 0 Å². The lowest BCUT2D eigenvalue weighted by molar-refractivity contribution is 0.183. The highest BCUT2D eigenvalue weighted by molar-refractivity contribution is 7.89. The van der Waals surface area contributed by atoms with Crippen molar-refractivity contribution in [2.24, 2.45) is 7.05 Å². The number of aliphatic hydroxyl groups is 1. The van der Waals surface area contributed by atoms with Crippen LogP contribution in [0, 0.1) is 0 Å². The van der Waals surface area contributed by atoms with Crippen LogP contribution in [-0.2, 0) is 23.5 Å². The van der Waals surface area contributed by atoms with Crippen LogP contribution < -0.4 is 9.46 Å². The first-order valence-corrected chi connectivity index (χ1v) is 10.4. The second kappa shape index (κ2) is 8.12. The third-order valence-electron chi connectivity index (χ3n) is 4.60. The Bertz CT molecular complexity index is 1010. The fourth-order valence-corrected chi connectivity index (χ4v) is 4.13. The highest BCUT2D eigenvalue weighted by Gasteiger charge is 2.18. The minimum absolute atomic E-state index is 0.0401. The van der Waals surface area contributed by atoms with Gasteiger partial charge in [0.15, 0.2) is 0 Å². The Balaban J connectivity index is 1.60. The average molecular weight is 388 g/mol. The number of fused-ring (bicyclic) bond motifs is 1. The lowest BCUT2D eigenvalue weighted by Crippen LogP contribution is -2.31. The van der Waals surface area contributed by atoms with Gasteiger partial charge in [0.05, 0.1) is 19.0 Å². The molecule has 0 spiro atoms. The molecule has 2 aromatic carbocycles. The minimum atomic E-state index is -3.49. The molecule has 1 atom stereocenters. The van der Waals surface area contributed by atoms with Gasteiger partial charge in [0.25, 0.3) is 0 Å². The molecule has 0 saturated heterocycles. The number of rotatable bonds is 8. The molecular weight excluding hydrogens is 364 g/mol. The van der Waals surface area contributed by atoms with Crippen LogP contribution in [0.1, 0.15) is 17.2 Å². The van der Waals surface area contributed by atoms with Crippen molar-refractivity contribution in [2.45, 2.75) is 12.5 Å². The molecule has 1 unspecified atom stereocenters. The van der Waals surface area contributed by atoms with Gasteiger partial charge in [0.2, 0.25) is 10.0 Å². The van der Waals surface area contributed by atoms with Crippen molar-refractivity contribution in [3.8, 4) is 5.75 Å². The summed E-state index contributed by atoms with van der Waals surface area (Å²) in [6.07, 6.45) is 1.32. The SMILES string of the molecule is COc1ccc(CCS(=O)(=O)NCC(O)c2cn(C)c3ccccc23)cc1. The molecule has 0 bridgehead atoms. The number of hydrogen-bond donors (Lipinski definition) is 2. The van der Waals surface area contributed by atoms with E-state index in [-0.39, 0.29) is 12.3 Å². The van der Waals surface area contributed by atoms with Gasteiger partial charge in [-0.15, -0.1) is 0 Å². The number of methoxy groups -OCH3 is 1. The monoisotopic (exact) mass is 388 g/mol. The molecule has 6 nitrogen and oxygen atoms in total. The molecule has 3 rings (SSSR count). The van der Waals surface area contributed by atoms with Gasteiger partial charge in [-0.1, -0.05) is 30.3 Å². The summed E-state index contributed by atoms with van der Waals surface area (Å²) in [5.74, 6) is 0.694. The van der Waals surface area contributed by atoms with Crippen molar-refractivity contribution in [1.29, 1.82) is 0 Å². The summed E-state index contributed by atoms with van der Waals surface area (Å²) in [7, 11) is -0.00474. The molecule has 1 heterocycles. The molecule has 0 aliphatic rings. The molecule has 2 N–H and O–H groups in total. The summed E-state index contributed by atoms with van der Waals surface area (Å²) in [5, 5.41) is 11.4. The highest BCUT2D eigenvalue weighted by atomic mass is 32.2. The molecule has 3 aromatic rings. The number of aryl methyl sites for hydroxylation is 2. The summed E-state index contributed by atoms with van der Waals surface area (Å²) in [5.41, 5.74) is 2.62. The van der Waals surface area contributed by atoms with E-state index in [1.165, 1.54) is 0 Å². The van der Waals surface area contributed by atoms with Crippen molar-refractivity contribution in [3.63, 3.8) is 0 Å². The van der Waals surface area contributed by atoms with Gasteiger partial charge < -0.3 is 14.4 Å². The molecule has 0 saturated carbocycles.